The molecule has 0 saturated carbocycles. The lowest BCUT2D eigenvalue weighted by molar-refractivity contribution is 0.371. The fraction of sp³-hybridized carbons (Fsp3) is 0.200. The van der Waals surface area contributed by atoms with E-state index in [4.69, 9.17) is 9.79 Å². The zero-order chi connectivity index (χ0) is 14.2. The second-order valence-corrected chi connectivity index (χ2v) is 6.03. The maximum Gasteiger partial charge on any atom is 0.331 e. The van der Waals surface area contributed by atoms with E-state index in [-0.39, 0.29) is 27.8 Å². The molecule has 0 bridgehead atoms. The first-order valence-electron chi connectivity index (χ1n) is 5.05. The summed E-state index contributed by atoms with van der Waals surface area (Å²) in [7, 11) is -4.32. The van der Waals surface area contributed by atoms with Crippen molar-refractivity contribution in [2.24, 2.45) is 0 Å². The molecule has 102 valence electrons. The highest BCUT2D eigenvalue weighted by Crippen LogP contribution is 2.39. The van der Waals surface area contributed by atoms with Gasteiger partial charge < -0.3 is 9.79 Å². The molecule has 0 spiro atoms. The first-order valence-corrected chi connectivity index (χ1v) is 7.97. The van der Waals surface area contributed by atoms with Gasteiger partial charge in [-0.3, -0.25) is 4.57 Å². The van der Waals surface area contributed by atoms with E-state index in [1.54, 1.807) is 0 Å². The number of fused-ring (bicyclic) bond motifs is 1. The van der Waals surface area contributed by atoms with E-state index < -0.39 is 25.4 Å². The van der Waals surface area contributed by atoms with Gasteiger partial charge in [-0.25, -0.2) is 18.7 Å². The van der Waals surface area contributed by atoms with E-state index in [2.05, 4.69) is 25.9 Å². The topological polar surface area (TPSA) is 83.3 Å². The van der Waals surface area contributed by atoms with Gasteiger partial charge in [-0.05, 0) is 0 Å². The van der Waals surface area contributed by atoms with Crippen LogP contribution in [-0.2, 0) is 16.1 Å². The summed E-state index contributed by atoms with van der Waals surface area (Å²) in [6.45, 7) is 0. The van der Waals surface area contributed by atoms with Crippen molar-refractivity contribution in [2.75, 3.05) is 0 Å². The average molecular weight is 353 g/mol. The summed E-state index contributed by atoms with van der Waals surface area (Å²) >= 11 is 3.11. The Morgan fingerprint density at radius 2 is 1.58 bits per heavy atom. The predicted molar refractivity (Wildman–Crippen MR) is 67.8 cm³/mol. The molecule has 1 aromatic carbocycles. The molecule has 1 heterocycles. The first kappa shape index (κ1) is 14.5. The smallest absolute Gasteiger partial charge is 0.324 e. The van der Waals surface area contributed by atoms with Crippen molar-refractivity contribution < 1.29 is 23.1 Å². The highest BCUT2D eigenvalue weighted by Gasteiger charge is 2.20. The molecular weight excluding hydrogens is 345 g/mol. The van der Waals surface area contributed by atoms with Crippen LogP contribution < -0.4 is 0 Å². The highest BCUT2D eigenvalue weighted by atomic mass is 79.9. The molecule has 0 aliphatic rings. The van der Waals surface area contributed by atoms with Crippen LogP contribution in [0, 0.1) is 11.6 Å². The van der Waals surface area contributed by atoms with Gasteiger partial charge in [-0.2, -0.15) is 0 Å². The van der Waals surface area contributed by atoms with Crippen molar-refractivity contribution in [2.45, 2.75) is 11.5 Å². The third-order valence-corrected chi connectivity index (χ3v) is 3.59. The van der Waals surface area contributed by atoms with Gasteiger partial charge in [-0.15, -0.1) is 0 Å². The van der Waals surface area contributed by atoms with Gasteiger partial charge in [0.05, 0.1) is 28.6 Å². The second kappa shape index (κ2) is 5.20. The molecule has 19 heavy (non-hydrogen) atoms. The summed E-state index contributed by atoms with van der Waals surface area (Å²) in [6, 6.07) is 1.74. The van der Waals surface area contributed by atoms with Crippen LogP contribution in [0.5, 0.6) is 0 Å². The van der Waals surface area contributed by atoms with Crippen molar-refractivity contribution in [1.29, 1.82) is 0 Å². The maximum absolute atomic E-state index is 13.1. The van der Waals surface area contributed by atoms with Crippen LogP contribution in [-0.4, -0.2) is 19.8 Å². The van der Waals surface area contributed by atoms with Gasteiger partial charge >= 0.3 is 7.60 Å². The van der Waals surface area contributed by atoms with Gasteiger partial charge in [0, 0.05) is 17.5 Å². The molecule has 2 N–H and O–H groups in total. The van der Waals surface area contributed by atoms with Crippen LogP contribution in [0.4, 0.5) is 8.78 Å². The molecule has 5 nitrogen and oxygen atoms in total. The molecule has 1 aromatic heterocycles. The quantitative estimate of drug-likeness (QED) is 0.654. The van der Waals surface area contributed by atoms with Crippen molar-refractivity contribution >= 4 is 34.6 Å². The summed E-state index contributed by atoms with van der Waals surface area (Å²) in [5.41, 5.74) is 0.514. The minimum atomic E-state index is -4.32. The number of rotatable bonds is 3. The zero-order valence-electron chi connectivity index (χ0n) is 9.35. The Morgan fingerprint density at radius 1 is 1.11 bits per heavy atom. The second-order valence-electron chi connectivity index (χ2n) is 3.83. The van der Waals surface area contributed by atoms with Gasteiger partial charge in [0.1, 0.15) is 0 Å². The SMILES string of the molecule is O=P(O)(O)Cc1nc2cc(F)c(F)cc2nc1CBr. The molecule has 2 rings (SSSR count). The lowest BCUT2D eigenvalue weighted by atomic mass is 10.2. The Kier molecular flexibility index (Phi) is 3.96. The number of hydrogen-bond donors (Lipinski definition) is 2. The molecule has 0 fully saturated rings. The number of aromatic nitrogens is 2. The molecule has 0 unspecified atom stereocenters. The maximum atomic E-state index is 13.1. The normalized spacial score (nSPS) is 12.1. The highest BCUT2D eigenvalue weighted by molar-refractivity contribution is 9.08. The van der Waals surface area contributed by atoms with E-state index in [1.165, 1.54) is 0 Å². The fourth-order valence-corrected chi connectivity index (χ4v) is 2.65. The van der Waals surface area contributed by atoms with Crippen LogP contribution in [0.15, 0.2) is 12.1 Å². The number of benzene rings is 1. The van der Waals surface area contributed by atoms with E-state index in [0.29, 0.717) is 0 Å². The number of nitrogens with zero attached hydrogens (tertiary/aromatic N) is 2. The fourth-order valence-electron chi connectivity index (χ4n) is 1.55. The molecule has 9 heteroatoms. The number of halogens is 3. The van der Waals surface area contributed by atoms with Gasteiger partial charge in [-0.1, -0.05) is 15.9 Å². The predicted octanol–water partition coefficient (Wildman–Crippen LogP) is 2.48. The summed E-state index contributed by atoms with van der Waals surface area (Å²) < 4.78 is 37.2. The van der Waals surface area contributed by atoms with Gasteiger partial charge in [0.25, 0.3) is 0 Å². The van der Waals surface area contributed by atoms with Crippen molar-refractivity contribution in [3.8, 4) is 0 Å². The van der Waals surface area contributed by atoms with E-state index >= 15 is 0 Å². The van der Waals surface area contributed by atoms with Gasteiger partial charge in [0.15, 0.2) is 11.6 Å². The molecule has 0 aliphatic carbocycles. The average Bonchev–Trinajstić information content (AvgIpc) is 2.28. The zero-order valence-corrected chi connectivity index (χ0v) is 11.8. The van der Waals surface area contributed by atoms with Crippen molar-refractivity contribution in [3.05, 3.63) is 35.2 Å². The third kappa shape index (κ3) is 3.33. The van der Waals surface area contributed by atoms with Crippen LogP contribution in [0.1, 0.15) is 11.4 Å². The molecule has 0 aliphatic heterocycles. The summed E-state index contributed by atoms with van der Waals surface area (Å²) in [5.74, 6) is -2.14. The summed E-state index contributed by atoms with van der Waals surface area (Å²) in [5, 5.41) is 0.199. The molecule has 2 aromatic rings. The first-order chi connectivity index (χ1) is 8.80. The standard InChI is InChI=1S/C10H8BrF2N2O3P/c11-3-9-10(4-19(16,17)18)15-8-2-6(13)5(12)1-7(8)14-9/h1-2H,3-4H2,(H2,16,17,18). The lowest BCUT2D eigenvalue weighted by Gasteiger charge is -2.09. The minimum Gasteiger partial charge on any atom is -0.324 e. The Bertz CT molecular complexity index is 692. The Morgan fingerprint density at radius 3 is 2.00 bits per heavy atom. The summed E-state index contributed by atoms with van der Waals surface area (Å²) in [6.07, 6.45) is -0.601. The Labute approximate surface area is 115 Å². The van der Waals surface area contributed by atoms with E-state index in [9.17, 15) is 13.3 Å². The van der Waals surface area contributed by atoms with E-state index in [1.807, 2.05) is 0 Å². The molecule has 0 amide bonds. The molecule has 0 radical (unpaired) electrons. The van der Waals surface area contributed by atoms with Crippen LogP contribution in [0.2, 0.25) is 0 Å². The summed E-state index contributed by atoms with van der Waals surface area (Å²) in [4.78, 5) is 25.9. The van der Waals surface area contributed by atoms with Crippen LogP contribution >= 0.6 is 23.5 Å². The van der Waals surface area contributed by atoms with Crippen molar-refractivity contribution in [1.82, 2.24) is 9.97 Å². The molecule has 0 saturated heterocycles. The third-order valence-electron chi connectivity index (χ3n) is 2.34. The van der Waals surface area contributed by atoms with Crippen LogP contribution in [0.25, 0.3) is 11.0 Å². The number of hydrogen-bond acceptors (Lipinski definition) is 3. The molecule has 0 atom stereocenters. The van der Waals surface area contributed by atoms with E-state index in [0.717, 1.165) is 12.1 Å². The largest absolute Gasteiger partial charge is 0.331 e. The van der Waals surface area contributed by atoms with Crippen LogP contribution in [0.3, 0.4) is 0 Å². The van der Waals surface area contributed by atoms with Crippen molar-refractivity contribution in [3.63, 3.8) is 0 Å². The monoisotopic (exact) mass is 352 g/mol. The number of alkyl halides is 1. The minimum absolute atomic E-state index is 0.0482. The Hall–Kier alpha value is -0.950. The Balaban J connectivity index is 2.64. The molecular formula is C10H8BrF2N2O3P. The van der Waals surface area contributed by atoms with Gasteiger partial charge in [0.2, 0.25) is 0 Å². The lowest BCUT2D eigenvalue weighted by Crippen LogP contribution is -2.02.